The topological polar surface area (TPSA) is 43.6 Å². The molecule has 4 nitrogen and oxygen atoms in total. The van der Waals surface area contributed by atoms with Crippen LogP contribution in [0.25, 0.3) is 70.7 Å². The Kier molecular flexibility index (Phi) is 5.28. The number of fused-ring (bicyclic) bond motifs is 4. The number of para-hydroxylation sites is 2. The van der Waals surface area contributed by atoms with Gasteiger partial charge in [0.1, 0.15) is 5.01 Å². The SMILES string of the molecule is c1ccc(-c2ccc(-c3cccnc3)c(-n3c4ccccc4c4ccc(-c5nc6ccccc6s5)cc43)c2)nc1. The van der Waals surface area contributed by atoms with Crippen LogP contribution in [0.2, 0.25) is 0 Å². The van der Waals surface area contributed by atoms with Gasteiger partial charge in [-0.25, -0.2) is 4.98 Å². The van der Waals surface area contributed by atoms with E-state index in [1.165, 1.54) is 15.5 Å². The number of benzene rings is 4. The zero-order valence-electron chi connectivity index (χ0n) is 21.4. The maximum absolute atomic E-state index is 4.96. The van der Waals surface area contributed by atoms with Gasteiger partial charge < -0.3 is 4.57 Å². The average molecular weight is 531 g/mol. The summed E-state index contributed by atoms with van der Waals surface area (Å²) in [6.45, 7) is 0. The molecule has 188 valence electrons. The fourth-order valence-electron chi connectivity index (χ4n) is 5.53. The number of pyridine rings is 2. The van der Waals surface area contributed by atoms with Crippen molar-refractivity contribution in [1.82, 2.24) is 19.5 Å². The molecule has 0 bridgehead atoms. The highest BCUT2D eigenvalue weighted by atomic mass is 32.1. The minimum atomic E-state index is 0.942. The molecule has 8 aromatic rings. The van der Waals surface area contributed by atoms with Gasteiger partial charge in [0.15, 0.2) is 0 Å². The van der Waals surface area contributed by atoms with Gasteiger partial charge in [0.05, 0.1) is 32.6 Å². The lowest BCUT2D eigenvalue weighted by Crippen LogP contribution is -1.99. The first-order valence-corrected chi connectivity index (χ1v) is 14.0. The van der Waals surface area contributed by atoms with Crippen LogP contribution in [0, 0.1) is 0 Å². The molecule has 0 unspecified atom stereocenters. The van der Waals surface area contributed by atoms with Gasteiger partial charge in [0.25, 0.3) is 0 Å². The van der Waals surface area contributed by atoms with Crippen molar-refractivity contribution in [2.75, 3.05) is 0 Å². The third-order valence-corrected chi connectivity index (χ3v) is 8.47. The maximum Gasteiger partial charge on any atom is 0.124 e. The second kappa shape index (κ2) is 9.26. The van der Waals surface area contributed by atoms with E-state index in [0.29, 0.717) is 0 Å². The Morgan fingerprint density at radius 3 is 2.33 bits per heavy atom. The molecule has 0 amide bonds. The van der Waals surface area contributed by atoms with Crippen molar-refractivity contribution in [2.45, 2.75) is 0 Å². The third kappa shape index (κ3) is 3.71. The van der Waals surface area contributed by atoms with Crippen LogP contribution in [0.5, 0.6) is 0 Å². The monoisotopic (exact) mass is 530 g/mol. The number of hydrogen-bond acceptors (Lipinski definition) is 4. The summed E-state index contributed by atoms with van der Waals surface area (Å²) in [6.07, 6.45) is 5.59. The maximum atomic E-state index is 4.96. The number of rotatable bonds is 4. The predicted octanol–water partition coefficient (Wildman–Crippen LogP) is 9.18. The van der Waals surface area contributed by atoms with Crippen LogP contribution in [-0.2, 0) is 0 Å². The smallest absolute Gasteiger partial charge is 0.124 e. The fourth-order valence-corrected chi connectivity index (χ4v) is 6.50. The molecular weight excluding hydrogens is 508 g/mol. The van der Waals surface area contributed by atoms with Crippen molar-refractivity contribution in [2.24, 2.45) is 0 Å². The fraction of sp³-hybridized carbons (Fsp3) is 0. The van der Waals surface area contributed by atoms with E-state index in [9.17, 15) is 0 Å². The Morgan fingerprint density at radius 1 is 0.600 bits per heavy atom. The summed E-state index contributed by atoms with van der Waals surface area (Å²) in [5.41, 5.74) is 9.71. The normalized spacial score (nSPS) is 11.5. The molecule has 0 spiro atoms. The number of hydrogen-bond donors (Lipinski definition) is 0. The van der Waals surface area contributed by atoms with Crippen LogP contribution < -0.4 is 0 Å². The third-order valence-electron chi connectivity index (χ3n) is 7.39. The second-order valence-corrected chi connectivity index (χ2v) is 10.8. The predicted molar refractivity (Wildman–Crippen MR) is 166 cm³/mol. The van der Waals surface area contributed by atoms with E-state index in [1.54, 1.807) is 11.3 Å². The summed E-state index contributed by atoms with van der Waals surface area (Å²) >= 11 is 1.73. The van der Waals surface area contributed by atoms with Crippen molar-refractivity contribution in [3.8, 4) is 38.6 Å². The molecule has 0 fully saturated rings. The highest BCUT2D eigenvalue weighted by Gasteiger charge is 2.18. The molecule has 4 aromatic carbocycles. The molecule has 4 aromatic heterocycles. The number of aromatic nitrogens is 4. The molecular formula is C35H22N4S. The lowest BCUT2D eigenvalue weighted by Gasteiger charge is -2.16. The van der Waals surface area contributed by atoms with Gasteiger partial charge in [-0.15, -0.1) is 11.3 Å². The molecule has 8 rings (SSSR count). The van der Waals surface area contributed by atoms with E-state index in [4.69, 9.17) is 4.98 Å². The Bertz CT molecular complexity index is 2130. The Balaban J connectivity index is 1.44. The zero-order valence-corrected chi connectivity index (χ0v) is 22.2. The molecule has 0 radical (unpaired) electrons. The Labute approximate surface area is 234 Å². The molecule has 0 aliphatic carbocycles. The first kappa shape index (κ1) is 22.8. The Hall–Kier alpha value is -5.13. The van der Waals surface area contributed by atoms with E-state index in [-0.39, 0.29) is 0 Å². The lowest BCUT2D eigenvalue weighted by atomic mass is 10.0. The first-order valence-electron chi connectivity index (χ1n) is 13.2. The van der Waals surface area contributed by atoms with E-state index < -0.39 is 0 Å². The van der Waals surface area contributed by atoms with Crippen molar-refractivity contribution in [3.63, 3.8) is 0 Å². The second-order valence-electron chi connectivity index (χ2n) is 9.76. The van der Waals surface area contributed by atoms with Gasteiger partial charge in [0, 0.05) is 51.6 Å². The van der Waals surface area contributed by atoms with Crippen LogP contribution in [-0.4, -0.2) is 19.5 Å². The summed E-state index contributed by atoms with van der Waals surface area (Å²) in [7, 11) is 0. The molecule has 0 aliphatic heterocycles. The van der Waals surface area contributed by atoms with Crippen molar-refractivity contribution in [3.05, 3.63) is 134 Å². The van der Waals surface area contributed by atoms with E-state index in [1.807, 2.05) is 42.9 Å². The quantitative estimate of drug-likeness (QED) is 0.228. The molecule has 0 saturated heterocycles. The average Bonchev–Trinajstić information content (AvgIpc) is 3.61. The molecule has 5 heteroatoms. The standard InChI is InChI=1S/C35H22N4S/c1-3-12-31-27(9-1)28-17-15-24(35-38-30-11-2-4-13-34(30)40-35)21-33(28)39(31)32-20-23(29-10-5-6-19-37-29)14-16-26(32)25-8-7-18-36-22-25/h1-22H. The summed E-state index contributed by atoms with van der Waals surface area (Å²) in [5.74, 6) is 0. The van der Waals surface area contributed by atoms with Gasteiger partial charge in [-0.3, -0.25) is 9.97 Å². The minimum absolute atomic E-state index is 0.942. The lowest BCUT2D eigenvalue weighted by molar-refractivity contribution is 1.18. The zero-order chi connectivity index (χ0) is 26.5. The van der Waals surface area contributed by atoms with Crippen LogP contribution in [0.3, 0.4) is 0 Å². The van der Waals surface area contributed by atoms with Crippen LogP contribution in [0.4, 0.5) is 0 Å². The molecule has 0 N–H and O–H groups in total. The van der Waals surface area contributed by atoms with Gasteiger partial charge in [-0.1, -0.05) is 66.7 Å². The first-order chi connectivity index (χ1) is 19.8. The summed E-state index contributed by atoms with van der Waals surface area (Å²) < 4.78 is 3.58. The molecule has 40 heavy (non-hydrogen) atoms. The molecule has 0 atom stereocenters. The van der Waals surface area contributed by atoms with E-state index in [2.05, 4.69) is 106 Å². The highest BCUT2D eigenvalue weighted by Crippen LogP contribution is 2.40. The van der Waals surface area contributed by atoms with E-state index >= 15 is 0 Å². The van der Waals surface area contributed by atoms with Gasteiger partial charge in [0.2, 0.25) is 0 Å². The van der Waals surface area contributed by atoms with Crippen LogP contribution in [0.1, 0.15) is 0 Å². The van der Waals surface area contributed by atoms with Crippen molar-refractivity contribution in [1.29, 1.82) is 0 Å². The minimum Gasteiger partial charge on any atom is -0.309 e. The molecule has 0 aliphatic rings. The van der Waals surface area contributed by atoms with Crippen LogP contribution >= 0.6 is 11.3 Å². The number of thiazole rings is 1. The number of nitrogens with zero attached hydrogens (tertiary/aromatic N) is 4. The molecule has 0 saturated carbocycles. The van der Waals surface area contributed by atoms with Gasteiger partial charge in [-0.05, 0) is 48.5 Å². The van der Waals surface area contributed by atoms with E-state index in [0.717, 1.165) is 55.2 Å². The summed E-state index contributed by atoms with van der Waals surface area (Å²) in [5, 5.41) is 3.45. The van der Waals surface area contributed by atoms with Gasteiger partial charge >= 0.3 is 0 Å². The highest BCUT2D eigenvalue weighted by molar-refractivity contribution is 7.21. The van der Waals surface area contributed by atoms with Crippen molar-refractivity contribution >= 4 is 43.4 Å². The van der Waals surface area contributed by atoms with Gasteiger partial charge in [-0.2, -0.15) is 0 Å². The summed E-state index contributed by atoms with van der Waals surface area (Å²) in [6, 6.07) is 40.4. The molecule has 4 heterocycles. The van der Waals surface area contributed by atoms with Crippen LogP contribution in [0.15, 0.2) is 134 Å². The Morgan fingerprint density at radius 2 is 1.45 bits per heavy atom. The summed E-state index contributed by atoms with van der Waals surface area (Å²) in [4.78, 5) is 14.0. The van der Waals surface area contributed by atoms with Crippen molar-refractivity contribution < 1.29 is 0 Å². The largest absolute Gasteiger partial charge is 0.309 e.